The topological polar surface area (TPSA) is 51.3 Å². The Bertz CT molecular complexity index is 671. The van der Waals surface area contributed by atoms with Crippen LogP contribution in [-0.4, -0.2) is 33.7 Å². The fourth-order valence-corrected chi connectivity index (χ4v) is 2.92. The molecule has 0 aromatic carbocycles. The van der Waals surface area contributed by atoms with Gasteiger partial charge in [-0.25, -0.2) is 0 Å². The van der Waals surface area contributed by atoms with Crippen molar-refractivity contribution in [1.29, 1.82) is 0 Å². The lowest BCUT2D eigenvalue weighted by molar-refractivity contribution is -0.141. The van der Waals surface area contributed by atoms with E-state index in [-0.39, 0.29) is 11.9 Å². The van der Waals surface area contributed by atoms with Crippen LogP contribution in [0.1, 0.15) is 36.8 Å². The van der Waals surface area contributed by atoms with Crippen LogP contribution in [0.3, 0.4) is 0 Å². The summed E-state index contributed by atoms with van der Waals surface area (Å²) in [7, 11) is 0. The van der Waals surface area contributed by atoms with E-state index < -0.39 is 11.9 Å². The molecule has 0 spiro atoms. The average molecular weight is 341 g/mol. The molecule has 24 heavy (non-hydrogen) atoms. The van der Waals surface area contributed by atoms with Gasteiger partial charge < -0.3 is 9.32 Å². The molecule has 0 N–H and O–H groups in total. The van der Waals surface area contributed by atoms with Gasteiger partial charge in [0.2, 0.25) is 5.91 Å². The second kappa shape index (κ2) is 6.70. The van der Waals surface area contributed by atoms with Crippen LogP contribution in [0.5, 0.6) is 0 Å². The summed E-state index contributed by atoms with van der Waals surface area (Å²) in [4.78, 5) is 13.9. The molecule has 2 aromatic heterocycles. The maximum absolute atomic E-state index is 12.6. The van der Waals surface area contributed by atoms with Crippen molar-refractivity contribution in [2.75, 3.05) is 13.1 Å². The monoisotopic (exact) mass is 341 g/mol. The quantitative estimate of drug-likeness (QED) is 0.857. The van der Waals surface area contributed by atoms with E-state index in [1.54, 1.807) is 17.2 Å². The molecule has 0 saturated carbocycles. The van der Waals surface area contributed by atoms with Gasteiger partial charge in [0.15, 0.2) is 5.69 Å². The molecular formula is C16H18F3N3O2. The molecule has 1 saturated heterocycles. The summed E-state index contributed by atoms with van der Waals surface area (Å²) in [5, 5.41) is 3.62. The number of carbonyl (C=O) groups is 1. The molecule has 0 radical (unpaired) electrons. The van der Waals surface area contributed by atoms with Crippen molar-refractivity contribution >= 4 is 5.91 Å². The molecule has 0 atom stereocenters. The third-order valence-electron chi connectivity index (χ3n) is 4.26. The van der Waals surface area contributed by atoms with Gasteiger partial charge in [0, 0.05) is 32.1 Å². The van der Waals surface area contributed by atoms with E-state index >= 15 is 0 Å². The number of alkyl halides is 3. The van der Waals surface area contributed by atoms with Gasteiger partial charge in [-0.15, -0.1) is 0 Å². The van der Waals surface area contributed by atoms with Gasteiger partial charge in [0.1, 0.15) is 5.76 Å². The summed E-state index contributed by atoms with van der Waals surface area (Å²) in [6, 6.07) is 4.50. The second-order valence-electron chi connectivity index (χ2n) is 5.87. The molecule has 3 rings (SSSR count). The van der Waals surface area contributed by atoms with Crippen molar-refractivity contribution in [1.82, 2.24) is 14.7 Å². The number of halogens is 3. The first-order valence-corrected chi connectivity index (χ1v) is 7.86. The molecule has 2 aromatic rings. The van der Waals surface area contributed by atoms with Gasteiger partial charge in [-0.2, -0.15) is 18.3 Å². The Balaban J connectivity index is 1.50. The molecule has 130 valence electrons. The summed E-state index contributed by atoms with van der Waals surface area (Å²) in [5.41, 5.74) is -0.876. The van der Waals surface area contributed by atoms with E-state index in [2.05, 4.69) is 5.10 Å². The summed E-state index contributed by atoms with van der Waals surface area (Å²) >= 11 is 0. The number of nitrogens with zero attached hydrogens (tertiary/aromatic N) is 3. The predicted molar refractivity (Wildman–Crippen MR) is 79.1 cm³/mol. The van der Waals surface area contributed by atoms with Crippen molar-refractivity contribution in [2.24, 2.45) is 0 Å². The Labute approximate surface area is 137 Å². The molecule has 0 unspecified atom stereocenters. The van der Waals surface area contributed by atoms with Gasteiger partial charge in [-0.1, -0.05) is 0 Å². The van der Waals surface area contributed by atoms with Gasteiger partial charge in [-0.3, -0.25) is 9.48 Å². The van der Waals surface area contributed by atoms with Crippen molar-refractivity contribution in [3.05, 3.63) is 42.1 Å². The van der Waals surface area contributed by atoms with Crippen molar-refractivity contribution in [2.45, 2.75) is 37.9 Å². The van der Waals surface area contributed by atoms with E-state index in [9.17, 15) is 18.0 Å². The van der Waals surface area contributed by atoms with E-state index in [0.29, 0.717) is 38.8 Å². The first-order chi connectivity index (χ1) is 11.4. The number of aryl methyl sites for hydroxylation is 1. The van der Waals surface area contributed by atoms with Gasteiger partial charge in [0.05, 0.1) is 12.3 Å². The number of piperidine rings is 1. The summed E-state index contributed by atoms with van der Waals surface area (Å²) in [6.07, 6.45) is 0.648. The smallest absolute Gasteiger partial charge is 0.435 e. The molecule has 3 heterocycles. The van der Waals surface area contributed by atoms with E-state index in [4.69, 9.17) is 4.42 Å². The highest BCUT2D eigenvalue weighted by atomic mass is 19.4. The number of rotatable bonds is 4. The predicted octanol–water partition coefficient (Wildman–Crippen LogP) is 3.29. The number of aromatic nitrogens is 2. The molecule has 8 heteroatoms. The first-order valence-electron chi connectivity index (χ1n) is 7.86. The molecule has 5 nitrogen and oxygen atoms in total. The molecule has 1 aliphatic rings. The third kappa shape index (κ3) is 3.80. The van der Waals surface area contributed by atoms with Crippen LogP contribution in [0.15, 0.2) is 35.1 Å². The highest BCUT2D eigenvalue weighted by Gasteiger charge is 2.34. The average Bonchev–Trinajstić information content (AvgIpc) is 3.23. The van der Waals surface area contributed by atoms with Crippen LogP contribution in [0.2, 0.25) is 0 Å². The van der Waals surface area contributed by atoms with Crippen LogP contribution in [0.4, 0.5) is 13.2 Å². The third-order valence-corrected chi connectivity index (χ3v) is 4.26. The second-order valence-corrected chi connectivity index (χ2v) is 5.87. The Morgan fingerprint density at radius 1 is 1.29 bits per heavy atom. The minimum Gasteiger partial charge on any atom is -0.469 e. The van der Waals surface area contributed by atoms with Gasteiger partial charge >= 0.3 is 6.18 Å². The number of hydrogen-bond acceptors (Lipinski definition) is 3. The van der Waals surface area contributed by atoms with E-state index in [1.165, 1.54) is 10.9 Å². The lowest BCUT2D eigenvalue weighted by Crippen LogP contribution is -2.39. The summed E-state index contributed by atoms with van der Waals surface area (Å²) < 4.78 is 44.4. The standard InChI is InChI=1S/C16H18F3N3O2/c17-16(18,19)14-7-10-22(20-14)12-5-8-21(9-6-12)15(23)4-3-13-2-1-11-24-13/h1-2,7,10-12H,3-6,8-9H2. The summed E-state index contributed by atoms with van der Waals surface area (Å²) in [6.45, 7) is 1.06. The van der Waals surface area contributed by atoms with Crippen molar-refractivity contribution in [3.8, 4) is 0 Å². The first kappa shape index (κ1) is 16.6. The number of likely N-dealkylation sites (tertiary alicyclic amines) is 1. The van der Waals surface area contributed by atoms with Crippen molar-refractivity contribution in [3.63, 3.8) is 0 Å². The van der Waals surface area contributed by atoms with E-state index in [1.807, 2.05) is 6.07 Å². The zero-order valence-electron chi connectivity index (χ0n) is 13.0. The zero-order valence-corrected chi connectivity index (χ0v) is 13.0. The highest BCUT2D eigenvalue weighted by molar-refractivity contribution is 5.76. The normalized spacial score (nSPS) is 16.5. The largest absolute Gasteiger partial charge is 0.469 e. The molecule has 0 aliphatic carbocycles. The summed E-state index contributed by atoms with van der Waals surface area (Å²) in [5.74, 6) is 0.816. The number of carbonyl (C=O) groups excluding carboxylic acids is 1. The fraction of sp³-hybridized carbons (Fsp3) is 0.500. The number of hydrogen-bond donors (Lipinski definition) is 0. The molecular weight excluding hydrogens is 323 g/mol. The van der Waals surface area contributed by atoms with Gasteiger partial charge in [-0.05, 0) is 31.0 Å². The number of furan rings is 1. The maximum atomic E-state index is 12.6. The van der Waals surface area contributed by atoms with Crippen LogP contribution in [0.25, 0.3) is 0 Å². The van der Waals surface area contributed by atoms with Crippen LogP contribution in [0, 0.1) is 0 Å². The maximum Gasteiger partial charge on any atom is 0.435 e. The molecule has 1 amide bonds. The molecule has 1 fully saturated rings. The van der Waals surface area contributed by atoms with E-state index in [0.717, 1.165) is 11.8 Å². The highest BCUT2D eigenvalue weighted by Crippen LogP contribution is 2.29. The molecule has 1 aliphatic heterocycles. The SMILES string of the molecule is O=C(CCc1ccco1)N1CCC(n2ccc(C(F)(F)F)n2)CC1. The van der Waals surface area contributed by atoms with Gasteiger partial charge in [0.25, 0.3) is 0 Å². The van der Waals surface area contributed by atoms with Crippen molar-refractivity contribution < 1.29 is 22.4 Å². The lowest BCUT2D eigenvalue weighted by atomic mass is 10.0. The van der Waals surface area contributed by atoms with Crippen LogP contribution in [-0.2, 0) is 17.4 Å². The minimum atomic E-state index is -4.42. The Morgan fingerprint density at radius 3 is 2.62 bits per heavy atom. The fourth-order valence-electron chi connectivity index (χ4n) is 2.92. The lowest BCUT2D eigenvalue weighted by Gasteiger charge is -2.32. The minimum absolute atomic E-state index is 0.0429. The van der Waals surface area contributed by atoms with Crippen LogP contribution >= 0.6 is 0 Å². The number of amides is 1. The Hall–Kier alpha value is -2.25. The zero-order chi connectivity index (χ0) is 17.2. The molecule has 0 bridgehead atoms. The van der Waals surface area contributed by atoms with Crippen LogP contribution < -0.4 is 0 Å². The Morgan fingerprint density at radius 2 is 2.04 bits per heavy atom. The Kier molecular flexibility index (Phi) is 4.64.